The standard InChI is InChI=1S/C9H12N4O2.C9H14N4/c10-7-5-9(12-3-1-2-4-12)11-6-8(7)13(14)15;10-7-5-9(12-6-8(7)11)13-3-1-2-4-13/h5-6H,1-4H2,(H2,10,11);5-6H,1-4,11H2,(H2,10,12). The Morgan fingerprint density at radius 3 is 1.68 bits per heavy atom. The maximum absolute atomic E-state index is 10.5. The van der Waals surface area contributed by atoms with Crippen LogP contribution in [0.15, 0.2) is 24.5 Å². The van der Waals surface area contributed by atoms with Crippen LogP contribution in [0.5, 0.6) is 0 Å². The average Bonchev–Trinajstić information content (AvgIpc) is 3.38. The molecule has 10 heteroatoms. The van der Waals surface area contributed by atoms with Crippen molar-refractivity contribution in [3.63, 3.8) is 0 Å². The largest absolute Gasteiger partial charge is 0.397 e. The van der Waals surface area contributed by atoms with Crippen molar-refractivity contribution in [3.8, 4) is 0 Å². The van der Waals surface area contributed by atoms with Gasteiger partial charge in [-0.2, -0.15) is 0 Å². The van der Waals surface area contributed by atoms with Crippen molar-refractivity contribution in [1.29, 1.82) is 0 Å². The van der Waals surface area contributed by atoms with Crippen molar-refractivity contribution in [2.45, 2.75) is 25.7 Å². The fourth-order valence-corrected chi connectivity index (χ4v) is 3.31. The molecule has 0 unspecified atom stereocenters. The van der Waals surface area contributed by atoms with Gasteiger partial charge < -0.3 is 27.0 Å². The second-order valence-electron chi connectivity index (χ2n) is 6.92. The summed E-state index contributed by atoms with van der Waals surface area (Å²) < 4.78 is 0. The molecule has 0 amide bonds. The number of nitro groups is 1. The third-order valence-electron chi connectivity index (χ3n) is 4.91. The van der Waals surface area contributed by atoms with Crippen molar-refractivity contribution in [3.05, 3.63) is 34.6 Å². The van der Waals surface area contributed by atoms with Crippen molar-refractivity contribution < 1.29 is 4.92 Å². The number of aromatic nitrogens is 2. The van der Waals surface area contributed by atoms with E-state index in [1.54, 1.807) is 12.3 Å². The Hall–Kier alpha value is -3.30. The number of hydrogen-bond donors (Lipinski definition) is 3. The lowest BCUT2D eigenvalue weighted by atomic mass is 10.3. The Morgan fingerprint density at radius 2 is 1.25 bits per heavy atom. The van der Waals surface area contributed by atoms with Crippen LogP contribution in [0, 0.1) is 10.1 Å². The summed E-state index contributed by atoms with van der Waals surface area (Å²) in [5.74, 6) is 1.68. The summed E-state index contributed by atoms with van der Waals surface area (Å²) in [4.78, 5) is 22.6. The fraction of sp³-hybridized carbons (Fsp3) is 0.444. The van der Waals surface area contributed by atoms with Crippen molar-refractivity contribution >= 4 is 34.4 Å². The number of hydrogen-bond acceptors (Lipinski definition) is 9. The Balaban J connectivity index is 0.000000162. The first-order chi connectivity index (χ1) is 13.5. The molecule has 6 N–H and O–H groups in total. The molecule has 28 heavy (non-hydrogen) atoms. The third-order valence-corrected chi connectivity index (χ3v) is 4.91. The molecular weight excluding hydrogens is 360 g/mol. The first-order valence-corrected chi connectivity index (χ1v) is 9.36. The van der Waals surface area contributed by atoms with Gasteiger partial charge in [-0.1, -0.05) is 0 Å². The minimum Gasteiger partial charge on any atom is -0.397 e. The van der Waals surface area contributed by atoms with E-state index in [4.69, 9.17) is 17.2 Å². The predicted octanol–water partition coefficient (Wildman–Crippen LogP) is 2.02. The Kier molecular flexibility index (Phi) is 5.97. The summed E-state index contributed by atoms with van der Waals surface area (Å²) in [5, 5.41) is 10.5. The highest BCUT2D eigenvalue weighted by atomic mass is 16.6. The number of nitrogens with zero attached hydrogens (tertiary/aromatic N) is 5. The molecule has 2 aromatic rings. The third kappa shape index (κ3) is 4.51. The van der Waals surface area contributed by atoms with E-state index in [2.05, 4.69) is 19.8 Å². The van der Waals surface area contributed by atoms with Gasteiger partial charge in [0, 0.05) is 38.3 Å². The Labute approximate surface area is 163 Å². The van der Waals surface area contributed by atoms with E-state index in [1.165, 1.54) is 19.0 Å². The van der Waals surface area contributed by atoms with Gasteiger partial charge in [0.05, 0.1) is 22.5 Å². The first kappa shape index (κ1) is 19.5. The molecule has 4 heterocycles. The summed E-state index contributed by atoms with van der Waals surface area (Å²) in [6.45, 7) is 4.06. The molecule has 4 rings (SSSR count). The monoisotopic (exact) mass is 386 g/mol. The normalized spacial score (nSPS) is 16.0. The summed E-state index contributed by atoms with van der Waals surface area (Å²) in [5.41, 5.74) is 18.1. The molecule has 0 spiro atoms. The summed E-state index contributed by atoms with van der Waals surface area (Å²) in [7, 11) is 0. The van der Waals surface area contributed by atoms with E-state index >= 15 is 0 Å². The number of nitrogen functional groups attached to an aromatic ring is 3. The SMILES string of the molecule is Nc1cc(N2CCCC2)ncc1[N+](=O)[O-].Nc1cnc(N2CCCC2)cc1N. The molecule has 2 fully saturated rings. The Bertz CT molecular complexity index is 832. The second kappa shape index (κ2) is 8.59. The summed E-state index contributed by atoms with van der Waals surface area (Å²) in [6.07, 6.45) is 7.61. The van der Waals surface area contributed by atoms with Gasteiger partial charge >= 0.3 is 5.69 Å². The molecular formula is C18H26N8O2. The van der Waals surface area contributed by atoms with Gasteiger partial charge in [0.25, 0.3) is 0 Å². The molecule has 2 aliphatic rings. The van der Waals surface area contributed by atoms with Gasteiger partial charge in [-0.25, -0.2) is 9.97 Å². The lowest BCUT2D eigenvalue weighted by Gasteiger charge is -2.16. The van der Waals surface area contributed by atoms with Crippen LogP contribution in [0.3, 0.4) is 0 Å². The van der Waals surface area contributed by atoms with E-state index < -0.39 is 4.92 Å². The molecule has 0 aromatic carbocycles. The van der Waals surface area contributed by atoms with E-state index in [1.807, 2.05) is 6.07 Å². The number of rotatable bonds is 3. The van der Waals surface area contributed by atoms with E-state index in [9.17, 15) is 10.1 Å². The zero-order valence-corrected chi connectivity index (χ0v) is 15.8. The van der Waals surface area contributed by atoms with Crippen LogP contribution in [-0.4, -0.2) is 41.1 Å². The quantitative estimate of drug-likeness (QED) is 0.531. The molecule has 0 aliphatic carbocycles. The van der Waals surface area contributed by atoms with Gasteiger partial charge in [-0.15, -0.1) is 0 Å². The number of pyridine rings is 2. The van der Waals surface area contributed by atoms with E-state index in [0.717, 1.165) is 50.7 Å². The minimum atomic E-state index is -0.518. The highest BCUT2D eigenvalue weighted by Gasteiger charge is 2.18. The fourth-order valence-electron chi connectivity index (χ4n) is 3.31. The highest BCUT2D eigenvalue weighted by molar-refractivity contribution is 5.66. The zero-order valence-electron chi connectivity index (χ0n) is 15.8. The van der Waals surface area contributed by atoms with Crippen LogP contribution in [0.4, 0.5) is 34.4 Å². The summed E-state index contributed by atoms with van der Waals surface area (Å²) in [6, 6.07) is 3.42. The van der Waals surface area contributed by atoms with Crippen LogP contribution in [0.2, 0.25) is 0 Å². The van der Waals surface area contributed by atoms with Crippen LogP contribution < -0.4 is 27.0 Å². The maximum Gasteiger partial charge on any atom is 0.310 e. The van der Waals surface area contributed by atoms with Crippen LogP contribution in [0.1, 0.15) is 25.7 Å². The molecule has 150 valence electrons. The molecule has 2 saturated heterocycles. The average molecular weight is 386 g/mol. The molecule has 10 nitrogen and oxygen atoms in total. The second-order valence-corrected chi connectivity index (χ2v) is 6.92. The molecule has 2 aromatic heterocycles. The van der Waals surface area contributed by atoms with Crippen molar-refractivity contribution in [2.24, 2.45) is 0 Å². The van der Waals surface area contributed by atoms with Crippen LogP contribution in [-0.2, 0) is 0 Å². The van der Waals surface area contributed by atoms with E-state index in [0.29, 0.717) is 11.4 Å². The van der Waals surface area contributed by atoms with E-state index in [-0.39, 0.29) is 11.4 Å². The van der Waals surface area contributed by atoms with Crippen LogP contribution >= 0.6 is 0 Å². The van der Waals surface area contributed by atoms with Crippen molar-refractivity contribution in [2.75, 3.05) is 53.2 Å². The zero-order chi connectivity index (χ0) is 20.1. The van der Waals surface area contributed by atoms with Gasteiger partial charge in [-0.05, 0) is 25.7 Å². The maximum atomic E-state index is 10.5. The van der Waals surface area contributed by atoms with Gasteiger partial charge in [-0.3, -0.25) is 10.1 Å². The van der Waals surface area contributed by atoms with Crippen LogP contribution in [0.25, 0.3) is 0 Å². The molecule has 2 aliphatic heterocycles. The lowest BCUT2D eigenvalue weighted by Crippen LogP contribution is -2.19. The lowest BCUT2D eigenvalue weighted by molar-refractivity contribution is -0.384. The topological polar surface area (TPSA) is 153 Å². The minimum absolute atomic E-state index is 0.127. The molecule has 0 saturated carbocycles. The Morgan fingerprint density at radius 1 is 0.786 bits per heavy atom. The van der Waals surface area contributed by atoms with Gasteiger partial charge in [0.15, 0.2) is 0 Å². The molecule has 0 radical (unpaired) electrons. The first-order valence-electron chi connectivity index (χ1n) is 9.36. The number of anilines is 5. The van der Waals surface area contributed by atoms with Crippen molar-refractivity contribution in [1.82, 2.24) is 9.97 Å². The smallest absolute Gasteiger partial charge is 0.310 e. The summed E-state index contributed by atoms with van der Waals surface area (Å²) >= 11 is 0. The predicted molar refractivity (Wildman–Crippen MR) is 111 cm³/mol. The number of nitrogens with two attached hydrogens (primary N) is 3. The molecule has 0 atom stereocenters. The highest BCUT2D eigenvalue weighted by Crippen LogP contribution is 2.26. The van der Waals surface area contributed by atoms with Gasteiger partial charge in [0.1, 0.15) is 23.5 Å². The van der Waals surface area contributed by atoms with Gasteiger partial charge in [0.2, 0.25) is 0 Å². The molecule has 0 bridgehead atoms.